The largest absolute Gasteiger partial charge is 0.478 e. The molecule has 0 bridgehead atoms. The van der Waals surface area contributed by atoms with Crippen LogP contribution in [0.1, 0.15) is 15.9 Å². The number of halogens is 1. The summed E-state index contributed by atoms with van der Waals surface area (Å²) >= 11 is 0. The number of hydrogen-bond donors (Lipinski definition) is 1. The third-order valence-electron chi connectivity index (χ3n) is 2.64. The van der Waals surface area contributed by atoms with Crippen molar-refractivity contribution in [2.24, 2.45) is 0 Å². The molecule has 1 N–H and O–H groups in total. The standard InChI is InChI=1S/C13H9FN2O5/c1-7-4-12(15-6-10(7)16(19)20)21-11-3-2-8(14)5-9(11)13(17)18/h2-6H,1H3,(H,17,18). The Hall–Kier alpha value is -3.03. The number of ether oxygens (including phenoxy) is 1. The van der Waals surface area contributed by atoms with Gasteiger partial charge in [-0.2, -0.15) is 0 Å². The first-order chi connectivity index (χ1) is 9.88. The molecule has 1 aromatic heterocycles. The smallest absolute Gasteiger partial charge is 0.339 e. The van der Waals surface area contributed by atoms with Gasteiger partial charge in [0.15, 0.2) is 0 Å². The van der Waals surface area contributed by atoms with E-state index >= 15 is 0 Å². The number of aryl methyl sites for hydroxylation is 1. The van der Waals surface area contributed by atoms with E-state index in [0.717, 1.165) is 24.4 Å². The van der Waals surface area contributed by atoms with Crippen molar-refractivity contribution in [3.63, 3.8) is 0 Å². The van der Waals surface area contributed by atoms with E-state index < -0.39 is 16.7 Å². The van der Waals surface area contributed by atoms with Crippen molar-refractivity contribution >= 4 is 11.7 Å². The Morgan fingerprint density at radius 1 is 1.43 bits per heavy atom. The number of carboxylic acid groups (broad SMARTS) is 1. The van der Waals surface area contributed by atoms with Gasteiger partial charge in [-0.05, 0) is 25.1 Å². The van der Waals surface area contributed by atoms with E-state index in [1.165, 1.54) is 13.0 Å². The summed E-state index contributed by atoms with van der Waals surface area (Å²) in [4.78, 5) is 24.8. The second kappa shape index (κ2) is 5.53. The first-order valence-corrected chi connectivity index (χ1v) is 5.70. The third-order valence-corrected chi connectivity index (χ3v) is 2.64. The topological polar surface area (TPSA) is 103 Å². The predicted molar refractivity (Wildman–Crippen MR) is 69.1 cm³/mol. The molecule has 1 heterocycles. The number of nitro groups is 1. The van der Waals surface area contributed by atoms with Crippen LogP contribution >= 0.6 is 0 Å². The van der Waals surface area contributed by atoms with E-state index in [-0.39, 0.29) is 22.9 Å². The number of nitrogens with zero attached hydrogens (tertiary/aromatic N) is 2. The van der Waals surface area contributed by atoms with Crippen molar-refractivity contribution in [2.75, 3.05) is 0 Å². The van der Waals surface area contributed by atoms with E-state index in [4.69, 9.17) is 9.84 Å². The predicted octanol–water partition coefficient (Wildman–Crippen LogP) is 2.93. The van der Waals surface area contributed by atoms with Crippen molar-refractivity contribution in [3.05, 3.63) is 57.5 Å². The molecule has 2 rings (SSSR count). The number of benzene rings is 1. The molecule has 21 heavy (non-hydrogen) atoms. The summed E-state index contributed by atoms with van der Waals surface area (Å²) in [6.07, 6.45) is 1.01. The highest BCUT2D eigenvalue weighted by Crippen LogP contribution is 2.27. The lowest BCUT2D eigenvalue weighted by Crippen LogP contribution is -2.02. The average molecular weight is 292 g/mol. The zero-order valence-corrected chi connectivity index (χ0v) is 10.7. The molecule has 0 aliphatic carbocycles. The second-order valence-electron chi connectivity index (χ2n) is 4.11. The number of aromatic nitrogens is 1. The van der Waals surface area contributed by atoms with Crippen LogP contribution < -0.4 is 4.74 Å². The van der Waals surface area contributed by atoms with Gasteiger partial charge in [-0.25, -0.2) is 14.2 Å². The number of rotatable bonds is 4. The fourth-order valence-electron chi connectivity index (χ4n) is 1.64. The molecule has 1 aromatic carbocycles. The van der Waals surface area contributed by atoms with Crippen LogP contribution in [0.25, 0.3) is 0 Å². The molecule has 7 nitrogen and oxygen atoms in total. The van der Waals surface area contributed by atoms with Crippen LogP contribution in [0.3, 0.4) is 0 Å². The van der Waals surface area contributed by atoms with Gasteiger partial charge in [0.25, 0.3) is 5.69 Å². The lowest BCUT2D eigenvalue weighted by atomic mass is 10.2. The number of hydrogen-bond acceptors (Lipinski definition) is 5. The van der Waals surface area contributed by atoms with Gasteiger partial charge in [-0.3, -0.25) is 10.1 Å². The number of carbonyl (C=O) groups is 1. The van der Waals surface area contributed by atoms with E-state index in [0.29, 0.717) is 5.56 Å². The maximum absolute atomic E-state index is 13.0. The Morgan fingerprint density at radius 2 is 2.14 bits per heavy atom. The molecule has 0 aliphatic rings. The monoisotopic (exact) mass is 292 g/mol. The van der Waals surface area contributed by atoms with Gasteiger partial charge >= 0.3 is 5.97 Å². The number of carboxylic acids is 1. The van der Waals surface area contributed by atoms with Gasteiger partial charge in [-0.15, -0.1) is 0 Å². The summed E-state index contributed by atoms with van der Waals surface area (Å²) in [6, 6.07) is 4.31. The van der Waals surface area contributed by atoms with Crippen molar-refractivity contribution in [1.29, 1.82) is 0 Å². The molecule has 0 amide bonds. The molecule has 108 valence electrons. The molecular formula is C13H9FN2O5. The Kier molecular flexibility index (Phi) is 3.79. The molecule has 0 radical (unpaired) electrons. The fourth-order valence-corrected chi connectivity index (χ4v) is 1.64. The summed E-state index contributed by atoms with van der Waals surface area (Å²) in [5.74, 6) is -2.20. The zero-order valence-electron chi connectivity index (χ0n) is 10.7. The molecule has 0 aliphatic heterocycles. The minimum atomic E-state index is -1.36. The summed E-state index contributed by atoms with van der Waals surface area (Å²) in [5, 5.41) is 19.7. The molecule has 0 saturated carbocycles. The molecule has 0 atom stereocenters. The van der Waals surface area contributed by atoms with Gasteiger partial charge < -0.3 is 9.84 Å². The highest BCUT2D eigenvalue weighted by Gasteiger charge is 2.16. The third kappa shape index (κ3) is 3.11. The van der Waals surface area contributed by atoms with Crippen LogP contribution in [0.4, 0.5) is 10.1 Å². The summed E-state index contributed by atoms with van der Waals surface area (Å²) in [6.45, 7) is 1.50. The van der Waals surface area contributed by atoms with Gasteiger partial charge in [0.2, 0.25) is 5.88 Å². The SMILES string of the molecule is Cc1cc(Oc2ccc(F)cc2C(=O)O)ncc1[N+](=O)[O-]. The van der Waals surface area contributed by atoms with Crippen molar-refractivity contribution < 1.29 is 24.0 Å². The number of aromatic carboxylic acids is 1. The van der Waals surface area contributed by atoms with Gasteiger partial charge in [-0.1, -0.05) is 0 Å². The first-order valence-electron chi connectivity index (χ1n) is 5.70. The Morgan fingerprint density at radius 3 is 2.71 bits per heavy atom. The highest BCUT2D eigenvalue weighted by molar-refractivity contribution is 5.91. The van der Waals surface area contributed by atoms with Gasteiger partial charge in [0, 0.05) is 11.6 Å². The van der Waals surface area contributed by atoms with Crippen molar-refractivity contribution in [2.45, 2.75) is 6.92 Å². The highest BCUT2D eigenvalue weighted by atomic mass is 19.1. The Labute approximate surface area is 117 Å². The van der Waals surface area contributed by atoms with Crippen LogP contribution in [0.2, 0.25) is 0 Å². The summed E-state index contributed by atoms with van der Waals surface area (Å²) in [5.41, 5.74) is -0.239. The van der Waals surface area contributed by atoms with E-state index in [9.17, 15) is 19.3 Å². The van der Waals surface area contributed by atoms with Gasteiger partial charge in [0.05, 0.1) is 4.92 Å². The van der Waals surface area contributed by atoms with Crippen LogP contribution in [0.5, 0.6) is 11.6 Å². The number of pyridine rings is 1. The lowest BCUT2D eigenvalue weighted by molar-refractivity contribution is -0.385. The van der Waals surface area contributed by atoms with Crippen LogP contribution in [0, 0.1) is 22.9 Å². The quantitative estimate of drug-likeness (QED) is 0.686. The first kappa shape index (κ1) is 14.4. The van der Waals surface area contributed by atoms with Crippen molar-refractivity contribution in [3.8, 4) is 11.6 Å². The second-order valence-corrected chi connectivity index (χ2v) is 4.11. The normalized spacial score (nSPS) is 10.2. The fraction of sp³-hybridized carbons (Fsp3) is 0.0769. The summed E-state index contributed by atoms with van der Waals surface area (Å²) < 4.78 is 18.3. The maximum Gasteiger partial charge on any atom is 0.339 e. The molecule has 2 aromatic rings. The van der Waals surface area contributed by atoms with E-state index in [1.54, 1.807) is 0 Å². The Balaban J connectivity index is 2.37. The minimum Gasteiger partial charge on any atom is -0.478 e. The minimum absolute atomic E-state index is 0.0211. The molecule has 8 heteroatoms. The summed E-state index contributed by atoms with van der Waals surface area (Å²) in [7, 11) is 0. The Bertz CT molecular complexity index is 732. The van der Waals surface area contributed by atoms with Crippen LogP contribution in [-0.4, -0.2) is 21.0 Å². The molecule has 0 spiro atoms. The van der Waals surface area contributed by atoms with Crippen molar-refractivity contribution in [1.82, 2.24) is 4.98 Å². The van der Waals surface area contributed by atoms with E-state index in [1.807, 2.05) is 0 Å². The molecule has 0 unspecified atom stereocenters. The lowest BCUT2D eigenvalue weighted by Gasteiger charge is -2.08. The molecule has 0 fully saturated rings. The zero-order chi connectivity index (χ0) is 15.6. The molecule has 0 saturated heterocycles. The van der Waals surface area contributed by atoms with E-state index in [2.05, 4.69) is 4.98 Å². The average Bonchev–Trinajstić information content (AvgIpc) is 2.40. The molecular weight excluding hydrogens is 283 g/mol. The maximum atomic E-state index is 13.0. The van der Waals surface area contributed by atoms with Crippen LogP contribution in [-0.2, 0) is 0 Å². The van der Waals surface area contributed by atoms with Crippen LogP contribution in [0.15, 0.2) is 30.5 Å². The van der Waals surface area contributed by atoms with Gasteiger partial charge in [0.1, 0.15) is 23.3 Å².